The number of alkyl halides is 3. The molecule has 2 N–H and O–H groups in total. The lowest BCUT2D eigenvalue weighted by Gasteiger charge is -2.19. The van der Waals surface area contributed by atoms with Crippen LogP contribution in [0.3, 0.4) is 0 Å². The van der Waals surface area contributed by atoms with E-state index in [1.54, 1.807) is 7.05 Å². The summed E-state index contributed by atoms with van der Waals surface area (Å²) in [6.07, 6.45) is -4.47. The molecule has 0 aromatic heterocycles. The second-order valence-corrected chi connectivity index (χ2v) is 5.01. The summed E-state index contributed by atoms with van der Waals surface area (Å²) in [5.41, 5.74) is -0.472. The van der Waals surface area contributed by atoms with E-state index in [-0.39, 0.29) is 17.5 Å². The van der Waals surface area contributed by atoms with Crippen LogP contribution in [0.2, 0.25) is 0 Å². The summed E-state index contributed by atoms with van der Waals surface area (Å²) in [6, 6.07) is 2.96. The first kappa shape index (κ1) is 16.3. The molecule has 0 bridgehead atoms. The predicted molar refractivity (Wildman–Crippen MR) is 72.8 cm³/mol. The van der Waals surface area contributed by atoms with E-state index in [2.05, 4.69) is 10.6 Å². The van der Waals surface area contributed by atoms with E-state index in [9.17, 15) is 18.0 Å². The lowest BCUT2D eigenvalue weighted by atomic mass is 10.0. The monoisotopic (exact) mass is 288 g/mol. The van der Waals surface area contributed by atoms with Crippen molar-refractivity contribution in [1.29, 1.82) is 0 Å². The van der Waals surface area contributed by atoms with Crippen molar-refractivity contribution in [2.45, 2.75) is 33.0 Å². The van der Waals surface area contributed by atoms with Gasteiger partial charge in [-0.15, -0.1) is 0 Å². The Morgan fingerprint density at radius 1 is 1.20 bits per heavy atom. The molecule has 1 atom stereocenters. The van der Waals surface area contributed by atoms with Crippen molar-refractivity contribution in [2.75, 3.05) is 12.4 Å². The van der Waals surface area contributed by atoms with Gasteiger partial charge in [-0.05, 0) is 31.0 Å². The third kappa shape index (κ3) is 3.88. The largest absolute Gasteiger partial charge is 0.416 e. The maximum Gasteiger partial charge on any atom is 0.416 e. The zero-order chi connectivity index (χ0) is 15.5. The van der Waals surface area contributed by atoms with Crippen LogP contribution < -0.4 is 10.6 Å². The van der Waals surface area contributed by atoms with Gasteiger partial charge in [-0.25, -0.2) is 0 Å². The first-order chi connectivity index (χ1) is 9.16. The molecule has 0 aliphatic heterocycles. The molecule has 0 fully saturated rings. The molecule has 0 saturated heterocycles. The number of benzene rings is 1. The molecule has 1 rings (SSSR count). The fourth-order valence-corrected chi connectivity index (χ4v) is 1.58. The summed E-state index contributed by atoms with van der Waals surface area (Å²) < 4.78 is 38.1. The second-order valence-electron chi connectivity index (χ2n) is 5.01. The average Bonchev–Trinajstić information content (AvgIpc) is 2.36. The molecule has 1 aromatic rings. The summed E-state index contributed by atoms with van der Waals surface area (Å²) in [5.74, 6) is -0.315. The molecular formula is C14H19F3N2O. The highest BCUT2D eigenvalue weighted by atomic mass is 19.4. The number of carbonyl (C=O) groups excluding carboxylic acids is 1. The SMILES string of the molecule is CNc1ccc(C(F)(F)F)cc1C(=O)NC(C)C(C)C. The van der Waals surface area contributed by atoms with E-state index in [0.717, 1.165) is 12.1 Å². The molecule has 0 aliphatic carbocycles. The number of hydrogen-bond acceptors (Lipinski definition) is 2. The Morgan fingerprint density at radius 2 is 1.80 bits per heavy atom. The summed E-state index contributed by atoms with van der Waals surface area (Å²) >= 11 is 0. The fraction of sp³-hybridized carbons (Fsp3) is 0.500. The first-order valence-corrected chi connectivity index (χ1v) is 6.36. The first-order valence-electron chi connectivity index (χ1n) is 6.36. The summed E-state index contributed by atoms with van der Waals surface area (Å²) in [7, 11) is 1.56. The van der Waals surface area contributed by atoms with E-state index in [1.165, 1.54) is 6.07 Å². The van der Waals surface area contributed by atoms with Gasteiger partial charge >= 0.3 is 6.18 Å². The molecule has 6 heteroatoms. The van der Waals surface area contributed by atoms with Gasteiger partial charge in [-0.3, -0.25) is 4.79 Å². The minimum absolute atomic E-state index is 0.00479. The van der Waals surface area contributed by atoms with E-state index in [1.807, 2.05) is 20.8 Å². The molecule has 0 radical (unpaired) electrons. The Hall–Kier alpha value is -1.72. The zero-order valence-electron chi connectivity index (χ0n) is 11.9. The lowest BCUT2D eigenvalue weighted by Crippen LogP contribution is -2.36. The molecule has 0 heterocycles. The standard InChI is InChI=1S/C14H19F3N2O/c1-8(2)9(3)19-13(20)11-7-10(14(15,16)17)5-6-12(11)18-4/h5-9,18H,1-4H3,(H,19,20). The van der Waals surface area contributed by atoms with Crippen LogP contribution >= 0.6 is 0 Å². The van der Waals surface area contributed by atoms with Crippen molar-refractivity contribution in [1.82, 2.24) is 5.32 Å². The van der Waals surface area contributed by atoms with Crippen molar-refractivity contribution in [3.63, 3.8) is 0 Å². The van der Waals surface area contributed by atoms with Crippen LogP contribution in [-0.4, -0.2) is 19.0 Å². The molecule has 112 valence electrons. The van der Waals surface area contributed by atoms with Gasteiger partial charge in [0.15, 0.2) is 0 Å². The Labute approximate surface area is 116 Å². The maximum atomic E-state index is 12.7. The Kier molecular flexibility index (Phi) is 5.03. The molecular weight excluding hydrogens is 269 g/mol. The van der Waals surface area contributed by atoms with Gasteiger partial charge < -0.3 is 10.6 Å². The number of hydrogen-bond donors (Lipinski definition) is 2. The van der Waals surface area contributed by atoms with Gasteiger partial charge in [0.1, 0.15) is 0 Å². The molecule has 1 aromatic carbocycles. The quantitative estimate of drug-likeness (QED) is 0.890. The van der Waals surface area contributed by atoms with Gasteiger partial charge in [-0.1, -0.05) is 13.8 Å². The number of carbonyl (C=O) groups is 1. The predicted octanol–water partition coefficient (Wildman–Crippen LogP) is 3.52. The van der Waals surface area contributed by atoms with Crippen molar-refractivity contribution < 1.29 is 18.0 Å². The van der Waals surface area contributed by atoms with Crippen LogP contribution in [0.25, 0.3) is 0 Å². The topological polar surface area (TPSA) is 41.1 Å². The molecule has 3 nitrogen and oxygen atoms in total. The van der Waals surface area contributed by atoms with Gasteiger partial charge in [0.25, 0.3) is 5.91 Å². The number of anilines is 1. The summed E-state index contributed by atoms with van der Waals surface area (Å²) in [4.78, 5) is 12.1. The number of halogens is 3. The highest BCUT2D eigenvalue weighted by Crippen LogP contribution is 2.31. The molecule has 0 spiro atoms. The molecule has 1 unspecified atom stereocenters. The second kappa shape index (κ2) is 6.15. The van der Waals surface area contributed by atoms with Gasteiger partial charge in [0, 0.05) is 18.8 Å². The molecule has 20 heavy (non-hydrogen) atoms. The van der Waals surface area contributed by atoms with E-state index in [0.29, 0.717) is 5.69 Å². The average molecular weight is 288 g/mol. The smallest absolute Gasteiger partial charge is 0.387 e. The van der Waals surface area contributed by atoms with Crippen LogP contribution in [-0.2, 0) is 6.18 Å². The highest BCUT2D eigenvalue weighted by molar-refractivity contribution is 6.00. The van der Waals surface area contributed by atoms with Crippen LogP contribution in [0, 0.1) is 5.92 Å². The van der Waals surface area contributed by atoms with Crippen LogP contribution in [0.5, 0.6) is 0 Å². The van der Waals surface area contributed by atoms with E-state index < -0.39 is 17.6 Å². The van der Waals surface area contributed by atoms with E-state index >= 15 is 0 Å². The van der Waals surface area contributed by atoms with Crippen molar-refractivity contribution >= 4 is 11.6 Å². The highest BCUT2D eigenvalue weighted by Gasteiger charge is 2.31. The molecule has 1 amide bonds. The maximum absolute atomic E-state index is 12.7. The third-order valence-corrected chi connectivity index (χ3v) is 3.22. The Bertz CT molecular complexity index is 484. The third-order valence-electron chi connectivity index (χ3n) is 3.22. The number of rotatable bonds is 4. The Morgan fingerprint density at radius 3 is 2.25 bits per heavy atom. The normalized spacial score (nSPS) is 13.2. The van der Waals surface area contributed by atoms with Gasteiger partial charge in [-0.2, -0.15) is 13.2 Å². The minimum Gasteiger partial charge on any atom is -0.387 e. The molecule has 0 saturated carbocycles. The van der Waals surface area contributed by atoms with Crippen LogP contribution in [0.4, 0.5) is 18.9 Å². The van der Waals surface area contributed by atoms with Gasteiger partial charge in [0.2, 0.25) is 0 Å². The van der Waals surface area contributed by atoms with Gasteiger partial charge in [0.05, 0.1) is 11.1 Å². The number of amides is 1. The molecule has 0 aliphatic rings. The minimum atomic E-state index is -4.47. The van der Waals surface area contributed by atoms with Crippen molar-refractivity contribution in [3.05, 3.63) is 29.3 Å². The van der Waals surface area contributed by atoms with Crippen LogP contribution in [0.15, 0.2) is 18.2 Å². The Balaban J connectivity index is 3.11. The summed E-state index contributed by atoms with van der Waals surface area (Å²) in [5, 5.41) is 5.43. The fourth-order valence-electron chi connectivity index (χ4n) is 1.58. The summed E-state index contributed by atoms with van der Waals surface area (Å²) in [6.45, 7) is 5.67. The van der Waals surface area contributed by atoms with Crippen molar-refractivity contribution in [2.24, 2.45) is 5.92 Å². The van der Waals surface area contributed by atoms with Crippen molar-refractivity contribution in [3.8, 4) is 0 Å². The zero-order valence-corrected chi connectivity index (χ0v) is 11.9. The van der Waals surface area contributed by atoms with E-state index in [4.69, 9.17) is 0 Å². The lowest BCUT2D eigenvalue weighted by molar-refractivity contribution is -0.137. The van der Waals surface area contributed by atoms with Crippen LogP contribution in [0.1, 0.15) is 36.7 Å². The number of nitrogens with one attached hydrogen (secondary N) is 2.